The molecule has 0 aliphatic rings. The van der Waals surface area contributed by atoms with Crippen LogP contribution in [0.2, 0.25) is 5.02 Å². The minimum atomic E-state index is -0.515. The van der Waals surface area contributed by atoms with Crippen LogP contribution in [0.3, 0.4) is 0 Å². The van der Waals surface area contributed by atoms with Gasteiger partial charge in [0.25, 0.3) is 0 Å². The molecule has 0 aliphatic carbocycles. The first-order chi connectivity index (χ1) is 11.1. The lowest BCUT2D eigenvalue weighted by molar-refractivity contribution is -0.116. The van der Waals surface area contributed by atoms with Crippen LogP contribution in [0.15, 0.2) is 42.5 Å². The smallest absolute Gasteiger partial charge is 0.244 e. The van der Waals surface area contributed by atoms with Crippen LogP contribution in [0.25, 0.3) is 11.0 Å². The summed E-state index contributed by atoms with van der Waals surface area (Å²) in [6.07, 6.45) is 0.727. The molecule has 6 heteroatoms. The number of aromatic nitrogens is 2. The van der Waals surface area contributed by atoms with Crippen LogP contribution < -0.4 is 5.32 Å². The molecular formula is C17H15ClFN3O. The molecule has 2 aromatic carbocycles. The molecule has 0 atom stereocenters. The lowest BCUT2D eigenvalue weighted by Gasteiger charge is -2.09. The minimum Gasteiger partial charge on any atom is -0.324 e. The van der Waals surface area contributed by atoms with E-state index in [-0.39, 0.29) is 17.5 Å². The van der Waals surface area contributed by atoms with E-state index in [9.17, 15) is 9.18 Å². The molecule has 0 unspecified atom stereocenters. The SMILES string of the molecule is CCc1nc2ccccc2n1CC(=O)Nc1ccc(F)c(Cl)c1. The number of imidazole rings is 1. The largest absolute Gasteiger partial charge is 0.324 e. The molecule has 0 radical (unpaired) electrons. The highest BCUT2D eigenvalue weighted by atomic mass is 35.5. The van der Waals surface area contributed by atoms with E-state index in [1.165, 1.54) is 18.2 Å². The van der Waals surface area contributed by atoms with Crippen molar-refractivity contribution in [2.45, 2.75) is 19.9 Å². The van der Waals surface area contributed by atoms with Crippen molar-refractivity contribution in [2.75, 3.05) is 5.32 Å². The van der Waals surface area contributed by atoms with Crippen molar-refractivity contribution >= 4 is 34.2 Å². The van der Waals surface area contributed by atoms with Gasteiger partial charge < -0.3 is 9.88 Å². The normalized spacial score (nSPS) is 10.9. The molecule has 3 rings (SSSR count). The number of nitrogens with one attached hydrogen (secondary N) is 1. The highest BCUT2D eigenvalue weighted by Gasteiger charge is 2.13. The Bertz CT molecular complexity index is 875. The topological polar surface area (TPSA) is 46.9 Å². The maximum absolute atomic E-state index is 13.2. The van der Waals surface area contributed by atoms with Gasteiger partial charge in [-0.1, -0.05) is 30.7 Å². The third kappa shape index (κ3) is 3.19. The zero-order valence-electron chi connectivity index (χ0n) is 12.5. The number of anilines is 1. The molecular weight excluding hydrogens is 317 g/mol. The Kier molecular flexibility index (Phi) is 4.30. The highest BCUT2D eigenvalue weighted by molar-refractivity contribution is 6.31. The van der Waals surface area contributed by atoms with Crippen LogP contribution in [0.5, 0.6) is 0 Å². The van der Waals surface area contributed by atoms with Gasteiger partial charge in [-0.25, -0.2) is 9.37 Å². The van der Waals surface area contributed by atoms with Gasteiger partial charge in [0.1, 0.15) is 18.2 Å². The third-order valence-electron chi connectivity index (χ3n) is 3.55. The van der Waals surface area contributed by atoms with Crippen molar-refractivity contribution in [1.29, 1.82) is 0 Å². The van der Waals surface area contributed by atoms with Crippen molar-refractivity contribution in [3.63, 3.8) is 0 Å². The number of hydrogen-bond donors (Lipinski definition) is 1. The van der Waals surface area contributed by atoms with Crippen LogP contribution in [0.1, 0.15) is 12.7 Å². The summed E-state index contributed by atoms with van der Waals surface area (Å²) in [5.74, 6) is 0.113. The van der Waals surface area contributed by atoms with E-state index in [0.717, 1.165) is 23.3 Å². The van der Waals surface area contributed by atoms with E-state index < -0.39 is 5.82 Å². The first-order valence-corrected chi connectivity index (χ1v) is 7.65. The van der Waals surface area contributed by atoms with Crippen molar-refractivity contribution < 1.29 is 9.18 Å². The molecule has 1 aromatic heterocycles. The van der Waals surface area contributed by atoms with Crippen LogP contribution in [-0.4, -0.2) is 15.5 Å². The summed E-state index contributed by atoms with van der Waals surface area (Å²) in [5.41, 5.74) is 2.24. The Morgan fingerprint density at radius 1 is 1.30 bits per heavy atom. The summed E-state index contributed by atoms with van der Waals surface area (Å²) in [6.45, 7) is 2.13. The summed E-state index contributed by atoms with van der Waals surface area (Å²) in [5, 5.41) is 2.70. The minimum absolute atomic E-state index is 0.0230. The number of rotatable bonds is 4. The van der Waals surface area contributed by atoms with Crippen molar-refractivity contribution in [1.82, 2.24) is 9.55 Å². The first-order valence-electron chi connectivity index (χ1n) is 7.27. The maximum atomic E-state index is 13.2. The van der Waals surface area contributed by atoms with Crippen molar-refractivity contribution in [3.05, 3.63) is 59.1 Å². The lowest BCUT2D eigenvalue weighted by atomic mass is 10.3. The van der Waals surface area contributed by atoms with E-state index >= 15 is 0 Å². The highest BCUT2D eigenvalue weighted by Crippen LogP contribution is 2.20. The number of carbonyl (C=O) groups excluding carboxylic acids is 1. The standard InChI is InChI=1S/C17H15ClFN3O/c1-2-16-21-14-5-3-4-6-15(14)22(16)10-17(23)20-11-7-8-13(19)12(18)9-11/h3-9H,2,10H2,1H3,(H,20,23). The summed E-state index contributed by atoms with van der Waals surface area (Å²) in [7, 11) is 0. The van der Waals surface area contributed by atoms with Gasteiger partial charge in [-0.3, -0.25) is 4.79 Å². The Balaban J connectivity index is 1.83. The van der Waals surface area contributed by atoms with Gasteiger partial charge in [0.05, 0.1) is 16.1 Å². The van der Waals surface area contributed by atoms with E-state index in [2.05, 4.69) is 10.3 Å². The van der Waals surface area contributed by atoms with Gasteiger partial charge in [-0.05, 0) is 30.3 Å². The molecule has 0 saturated heterocycles. The average molecular weight is 332 g/mol. The maximum Gasteiger partial charge on any atom is 0.244 e. The monoisotopic (exact) mass is 331 g/mol. The second kappa shape index (κ2) is 6.38. The van der Waals surface area contributed by atoms with Gasteiger partial charge in [0.15, 0.2) is 0 Å². The van der Waals surface area contributed by atoms with Gasteiger partial charge in [0, 0.05) is 12.1 Å². The molecule has 1 heterocycles. The number of nitrogens with zero attached hydrogens (tertiary/aromatic N) is 2. The number of fused-ring (bicyclic) bond motifs is 1. The Morgan fingerprint density at radius 2 is 2.09 bits per heavy atom. The third-order valence-corrected chi connectivity index (χ3v) is 3.84. The fraction of sp³-hybridized carbons (Fsp3) is 0.176. The number of para-hydroxylation sites is 2. The molecule has 0 bridgehead atoms. The lowest BCUT2D eigenvalue weighted by Crippen LogP contribution is -2.20. The van der Waals surface area contributed by atoms with Crippen LogP contribution >= 0.6 is 11.6 Å². The molecule has 0 fully saturated rings. The molecule has 4 nitrogen and oxygen atoms in total. The predicted molar refractivity (Wildman–Crippen MR) is 89.2 cm³/mol. The predicted octanol–water partition coefficient (Wildman–Crippen LogP) is 4.03. The molecule has 3 aromatic rings. The molecule has 0 saturated carbocycles. The molecule has 0 spiro atoms. The number of amides is 1. The summed E-state index contributed by atoms with van der Waals surface area (Å²) >= 11 is 5.72. The Labute approximate surface area is 137 Å². The molecule has 1 N–H and O–H groups in total. The van der Waals surface area contributed by atoms with Crippen molar-refractivity contribution in [2.24, 2.45) is 0 Å². The summed E-state index contributed by atoms with van der Waals surface area (Å²) in [6, 6.07) is 11.8. The fourth-order valence-corrected chi connectivity index (χ4v) is 2.67. The number of benzene rings is 2. The quantitative estimate of drug-likeness (QED) is 0.784. The molecule has 0 aliphatic heterocycles. The molecule has 118 valence electrons. The van der Waals surface area contributed by atoms with Gasteiger partial charge >= 0.3 is 0 Å². The number of hydrogen-bond acceptors (Lipinski definition) is 2. The number of carbonyl (C=O) groups is 1. The average Bonchev–Trinajstić information content (AvgIpc) is 2.89. The van der Waals surface area contributed by atoms with Gasteiger partial charge in [-0.15, -0.1) is 0 Å². The first kappa shape index (κ1) is 15.5. The number of aryl methyl sites for hydroxylation is 1. The molecule has 1 amide bonds. The van der Waals surface area contributed by atoms with Crippen molar-refractivity contribution in [3.8, 4) is 0 Å². The molecule has 23 heavy (non-hydrogen) atoms. The zero-order valence-corrected chi connectivity index (χ0v) is 13.3. The van der Waals surface area contributed by atoms with E-state index in [0.29, 0.717) is 5.69 Å². The van der Waals surface area contributed by atoms with Crippen LogP contribution in [0.4, 0.5) is 10.1 Å². The second-order valence-electron chi connectivity index (χ2n) is 5.13. The summed E-state index contributed by atoms with van der Waals surface area (Å²) < 4.78 is 15.0. The second-order valence-corrected chi connectivity index (χ2v) is 5.54. The fourth-order valence-electron chi connectivity index (χ4n) is 2.49. The zero-order chi connectivity index (χ0) is 16.4. The van der Waals surface area contributed by atoms with E-state index in [4.69, 9.17) is 11.6 Å². The Hall–Kier alpha value is -2.40. The van der Waals surface area contributed by atoms with Gasteiger partial charge in [-0.2, -0.15) is 0 Å². The Morgan fingerprint density at radius 3 is 2.83 bits per heavy atom. The number of halogens is 2. The van der Waals surface area contributed by atoms with E-state index in [1.54, 1.807) is 0 Å². The van der Waals surface area contributed by atoms with Crippen LogP contribution in [0, 0.1) is 5.82 Å². The van der Waals surface area contributed by atoms with Gasteiger partial charge in [0.2, 0.25) is 5.91 Å². The van der Waals surface area contributed by atoms with Crippen LogP contribution in [-0.2, 0) is 17.8 Å². The summed E-state index contributed by atoms with van der Waals surface area (Å²) in [4.78, 5) is 16.8. The van der Waals surface area contributed by atoms with E-state index in [1.807, 2.05) is 35.8 Å².